The number of rotatable bonds is 2. The highest BCUT2D eigenvalue weighted by atomic mass is 15.9. The van der Waals surface area contributed by atoms with E-state index in [2.05, 4.69) is 10.5 Å². The van der Waals surface area contributed by atoms with Gasteiger partial charge in [0.05, 0.1) is 11.4 Å². The van der Waals surface area contributed by atoms with Gasteiger partial charge in [0.1, 0.15) is 6.34 Å². The van der Waals surface area contributed by atoms with E-state index in [9.17, 15) is 0 Å². The molecule has 0 saturated carbocycles. The molecule has 1 aliphatic heterocycles. The lowest BCUT2D eigenvalue weighted by molar-refractivity contribution is 0.773. The Morgan fingerprint density at radius 3 is 2.00 bits per heavy atom. The van der Waals surface area contributed by atoms with E-state index in [1.54, 1.807) is 6.34 Å². The van der Waals surface area contributed by atoms with Gasteiger partial charge in [0.25, 0.3) is 0 Å². The lowest BCUT2D eigenvalue weighted by Gasteiger charge is -2.27. The first-order valence-electron chi connectivity index (χ1n) is 5.44. The Balaban J connectivity index is 1.93. The summed E-state index contributed by atoms with van der Waals surface area (Å²) in [6, 6.07) is 20.0. The molecule has 2 aromatic carbocycles. The number of hydrazine groups is 2. The summed E-state index contributed by atoms with van der Waals surface area (Å²) >= 11 is 0. The minimum Gasteiger partial charge on any atom is -0.265 e. The smallest absolute Gasteiger partial charge is 0.131 e. The van der Waals surface area contributed by atoms with Crippen molar-refractivity contribution in [2.75, 3.05) is 10.2 Å². The fourth-order valence-corrected chi connectivity index (χ4v) is 1.74. The lowest BCUT2D eigenvalue weighted by atomic mass is 10.3. The summed E-state index contributed by atoms with van der Waals surface area (Å²) in [5.41, 5.74) is 5.14. The predicted octanol–water partition coefficient (Wildman–Crippen LogP) is 2.38. The second kappa shape index (κ2) is 4.17. The highest BCUT2D eigenvalue weighted by Crippen LogP contribution is 2.22. The van der Waals surface area contributed by atoms with E-state index in [-0.39, 0.29) is 0 Å². The van der Waals surface area contributed by atoms with Gasteiger partial charge >= 0.3 is 0 Å². The molecule has 0 spiro atoms. The third kappa shape index (κ3) is 1.80. The van der Waals surface area contributed by atoms with Crippen LogP contribution in [0.3, 0.4) is 0 Å². The Hall–Kier alpha value is -2.49. The molecule has 4 heteroatoms. The normalized spacial score (nSPS) is 13.9. The molecular formula is C13H12N4. The third-order valence-electron chi connectivity index (χ3n) is 2.52. The standard InChI is InChI=1S/C13H12N4/c1-3-7-12(8-4-1)16-14-11-15-17(16)13-9-5-2-6-10-13/h1-11H,(H,14,15). The number of hydrogen-bond acceptors (Lipinski definition) is 4. The SMILES string of the molecule is C1=NN(c2ccccc2)N(c2ccccc2)N1. The van der Waals surface area contributed by atoms with Crippen LogP contribution in [0, 0.1) is 0 Å². The summed E-state index contributed by atoms with van der Waals surface area (Å²) in [5, 5.41) is 7.99. The second-order valence-electron chi connectivity index (χ2n) is 3.65. The van der Waals surface area contributed by atoms with E-state index in [0.717, 1.165) is 11.4 Å². The molecule has 0 aliphatic carbocycles. The Morgan fingerprint density at radius 1 is 0.765 bits per heavy atom. The maximum absolute atomic E-state index is 4.29. The molecule has 2 aromatic rings. The molecule has 0 radical (unpaired) electrons. The van der Waals surface area contributed by atoms with Crippen molar-refractivity contribution < 1.29 is 0 Å². The van der Waals surface area contributed by atoms with E-state index in [4.69, 9.17) is 0 Å². The van der Waals surface area contributed by atoms with Gasteiger partial charge in [-0.3, -0.25) is 5.43 Å². The summed E-state index contributed by atoms with van der Waals surface area (Å²) in [4.78, 5) is 0. The number of hydrazone groups is 1. The van der Waals surface area contributed by atoms with Crippen LogP contribution in [0.15, 0.2) is 65.8 Å². The number of anilines is 2. The molecule has 0 aromatic heterocycles. The maximum atomic E-state index is 4.29. The van der Waals surface area contributed by atoms with Crippen LogP contribution in [0.1, 0.15) is 0 Å². The van der Waals surface area contributed by atoms with Crippen LogP contribution in [0.5, 0.6) is 0 Å². The number of nitrogens with zero attached hydrogens (tertiary/aromatic N) is 3. The zero-order chi connectivity index (χ0) is 11.5. The molecule has 1 N–H and O–H groups in total. The summed E-state index contributed by atoms with van der Waals surface area (Å²) in [6.45, 7) is 0. The van der Waals surface area contributed by atoms with Crippen molar-refractivity contribution in [3.8, 4) is 0 Å². The first-order chi connectivity index (χ1) is 8.45. The second-order valence-corrected chi connectivity index (χ2v) is 3.65. The number of hydrogen-bond donors (Lipinski definition) is 1. The number of para-hydroxylation sites is 2. The molecule has 84 valence electrons. The van der Waals surface area contributed by atoms with Crippen molar-refractivity contribution in [1.29, 1.82) is 0 Å². The van der Waals surface area contributed by atoms with Crippen molar-refractivity contribution in [1.82, 2.24) is 5.43 Å². The van der Waals surface area contributed by atoms with Crippen LogP contribution >= 0.6 is 0 Å². The molecule has 3 rings (SSSR count). The van der Waals surface area contributed by atoms with Crippen LogP contribution in [0.4, 0.5) is 11.4 Å². The van der Waals surface area contributed by atoms with Gasteiger partial charge < -0.3 is 0 Å². The highest BCUT2D eigenvalue weighted by Gasteiger charge is 2.19. The van der Waals surface area contributed by atoms with Crippen LogP contribution in [-0.2, 0) is 0 Å². The van der Waals surface area contributed by atoms with Crippen molar-refractivity contribution in [2.45, 2.75) is 0 Å². The molecule has 0 atom stereocenters. The number of nitrogens with one attached hydrogen (secondary N) is 1. The summed E-state index contributed by atoms with van der Waals surface area (Å²) in [7, 11) is 0. The van der Waals surface area contributed by atoms with Crippen molar-refractivity contribution in [3.05, 3.63) is 60.7 Å². The van der Waals surface area contributed by atoms with Gasteiger partial charge in [-0.1, -0.05) is 36.4 Å². The fourth-order valence-electron chi connectivity index (χ4n) is 1.74. The Bertz CT molecular complexity index is 509. The average Bonchev–Trinajstić information content (AvgIpc) is 2.90. The Labute approximate surface area is 99.7 Å². The minimum absolute atomic E-state index is 1.01. The molecule has 0 amide bonds. The van der Waals surface area contributed by atoms with Crippen molar-refractivity contribution in [3.63, 3.8) is 0 Å². The minimum atomic E-state index is 1.01. The van der Waals surface area contributed by atoms with E-state index < -0.39 is 0 Å². The van der Waals surface area contributed by atoms with E-state index >= 15 is 0 Å². The molecule has 4 nitrogen and oxygen atoms in total. The highest BCUT2D eigenvalue weighted by molar-refractivity contribution is 5.70. The van der Waals surface area contributed by atoms with Gasteiger partial charge in [0.15, 0.2) is 0 Å². The Morgan fingerprint density at radius 2 is 1.35 bits per heavy atom. The summed E-state index contributed by atoms with van der Waals surface area (Å²) in [5.74, 6) is 0. The average molecular weight is 224 g/mol. The largest absolute Gasteiger partial charge is 0.265 e. The molecular weight excluding hydrogens is 212 g/mol. The zero-order valence-corrected chi connectivity index (χ0v) is 9.19. The van der Waals surface area contributed by atoms with Crippen LogP contribution < -0.4 is 15.7 Å². The quantitative estimate of drug-likeness (QED) is 0.849. The van der Waals surface area contributed by atoms with Crippen molar-refractivity contribution in [2.24, 2.45) is 5.10 Å². The van der Waals surface area contributed by atoms with E-state index in [0.29, 0.717) is 0 Å². The zero-order valence-electron chi connectivity index (χ0n) is 9.19. The van der Waals surface area contributed by atoms with Crippen molar-refractivity contribution >= 4 is 17.7 Å². The first-order valence-corrected chi connectivity index (χ1v) is 5.44. The van der Waals surface area contributed by atoms with Gasteiger partial charge in [-0.15, -0.1) is 5.10 Å². The molecule has 1 aliphatic rings. The monoisotopic (exact) mass is 224 g/mol. The third-order valence-corrected chi connectivity index (χ3v) is 2.52. The molecule has 0 fully saturated rings. The van der Waals surface area contributed by atoms with Gasteiger partial charge in [-0.05, 0) is 24.3 Å². The molecule has 0 bridgehead atoms. The van der Waals surface area contributed by atoms with Gasteiger partial charge in [-0.25, -0.2) is 0 Å². The van der Waals surface area contributed by atoms with Gasteiger partial charge in [0, 0.05) is 0 Å². The van der Waals surface area contributed by atoms with E-state index in [1.807, 2.05) is 70.9 Å². The first kappa shape index (κ1) is 9.72. The van der Waals surface area contributed by atoms with Gasteiger partial charge in [-0.2, -0.15) is 10.2 Å². The number of benzene rings is 2. The van der Waals surface area contributed by atoms with Crippen LogP contribution in [0.2, 0.25) is 0 Å². The lowest BCUT2D eigenvalue weighted by Crippen LogP contribution is -2.42. The van der Waals surface area contributed by atoms with Gasteiger partial charge in [0.2, 0.25) is 0 Å². The maximum Gasteiger partial charge on any atom is 0.131 e. The molecule has 0 saturated heterocycles. The molecule has 1 heterocycles. The van der Waals surface area contributed by atoms with E-state index in [1.165, 1.54) is 0 Å². The fraction of sp³-hybridized carbons (Fsp3) is 0. The topological polar surface area (TPSA) is 30.9 Å². The Kier molecular flexibility index (Phi) is 2.38. The van der Waals surface area contributed by atoms with Crippen LogP contribution in [-0.4, -0.2) is 6.34 Å². The van der Waals surface area contributed by atoms with Crippen LogP contribution in [0.25, 0.3) is 0 Å². The molecule has 0 unspecified atom stereocenters. The summed E-state index contributed by atoms with van der Waals surface area (Å²) in [6.07, 6.45) is 1.67. The molecule has 17 heavy (non-hydrogen) atoms. The predicted molar refractivity (Wildman–Crippen MR) is 69.5 cm³/mol. The summed E-state index contributed by atoms with van der Waals surface area (Å²) < 4.78 is 0.